The third-order valence-electron chi connectivity index (χ3n) is 6.06. The van der Waals surface area contributed by atoms with Crippen LogP contribution >= 0.6 is 7.52 Å². The Bertz CT molecular complexity index is 1090. The van der Waals surface area contributed by atoms with Gasteiger partial charge < -0.3 is 29.0 Å². The molecule has 3 rings (SSSR count). The number of esters is 2. The van der Waals surface area contributed by atoms with E-state index in [2.05, 4.69) is 33.9 Å². The highest BCUT2D eigenvalue weighted by Crippen LogP contribution is 2.46. The lowest BCUT2D eigenvalue weighted by molar-refractivity contribution is -0.147. The number of ether oxygens (including phenoxy) is 3. The number of nitrogens with two attached hydrogens (primary N) is 1. The first kappa shape index (κ1) is 29.9. The van der Waals surface area contributed by atoms with Gasteiger partial charge in [0.1, 0.15) is 30.3 Å². The second kappa shape index (κ2) is 15.1. The Hall–Kier alpha value is -2.60. The van der Waals surface area contributed by atoms with Crippen molar-refractivity contribution >= 4 is 36.4 Å². The van der Waals surface area contributed by atoms with E-state index in [4.69, 9.17) is 24.5 Å². The number of aromatic nitrogens is 4. The quantitative estimate of drug-likeness (QED) is 0.177. The fourth-order valence-electron chi connectivity index (χ4n) is 3.89. The number of rotatable bonds is 16. The van der Waals surface area contributed by atoms with Crippen LogP contribution < -0.4 is 10.8 Å². The average molecular weight is 555 g/mol. The van der Waals surface area contributed by atoms with Crippen molar-refractivity contribution in [3.05, 3.63) is 12.7 Å². The lowest BCUT2D eigenvalue weighted by atomic mass is 10.1. The zero-order valence-electron chi connectivity index (χ0n) is 22.2. The van der Waals surface area contributed by atoms with Crippen LogP contribution in [0.5, 0.6) is 0 Å². The number of anilines is 1. The Morgan fingerprint density at radius 1 is 1.16 bits per heavy atom. The number of unbranched alkanes of at least 4 members (excludes halogenated alkanes) is 4. The molecule has 212 valence electrons. The normalized spacial score (nSPS) is 20.3. The number of nitrogens with zero attached hydrogens (tertiary/aromatic N) is 4. The fourth-order valence-corrected chi connectivity index (χ4v) is 5.64. The van der Waals surface area contributed by atoms with Crippen LogP contribution in [-0.4, -0.2) is 69.8 Å². The highest BCUT2D eigenvalue weighted by molar-refractivity contribution is 7.56. The summed E-state index contributed by atoms with van der Waals surface area (Å²) in [5, 5.41) is 2.79. The molecular formula is C24H39N6O7P. The van der Waals surface area contributed by atoms with Gasteiger partial charge in [0.05, 0.1) is 32.7 Å². The maximum Gasteiger partial charge on any atom is 0.323 e. The van der Waals surface area contributed by atoms with Gasteiger partial charge in [0.2, 0.25) is 0 Å². The van der Waals surface area contributed by atoms with Gasteiger partial charge in [-0.3, -0.25) is 14.2 Å². The smallest absolute Gasteiger partial charge is 0.323 e. The first-order valence-electron chi connectivity index (χ1n) is 13.2. The second-order valence-electron chi connectivity index (χ2n) is 9.24. The van der Waals surface area contributed by atoms with Crippen molar-refractivity contribution in [3.8, 4) is 0 Å². The molecular weight excluding hydrogens is 515 g/mol. The molecule has 13 nitrogen and oxygen atoms in total. The Morgan fingerprint density at radius 3 is 2.58 bits per heavy atom. The molecule has 1 saturated heterocycles. The Kier molecular flexibility index (Phi) is 11.9. The number of hydrogen-bond donors (Lipinski definition) is 2. The predicted octanol–water partition coefficient (Wildman–Crippen LogP) is 3.18. The van der Waals surface area contributed by atoms with Crippen LogP contribution in [0.1, 0.15) is 65.2 Å². The summed E-state index contributed by atoms with van der Waals surface area (Å²) in [5.41, 5.74) is 6.88. The van der Waals surface area contributed by atoms with Crippen LogP contribution in [-0.2, 0) is 39.4 Å². The monoisotopic (exact) mass is 554 g/mol. The topological polar surface area (TPSA) is 170 Å². The van der Waals surface area contributed by atoms with Crippen molar-refractivity contribution in [2.24, 2.45) is 0 Å². The van der Waals surface area contributed by atoms with Crippen LogP contribution in [0.4, 0.5) is 5.82 Å². The summed E-state index contributed by atoms with van der Waals surface area (Å²) in [4.78, 5) is 37.3. The number of nitrogens with one attached hydrogen (secondary N) is 1. The number of imidazole rings is 1. The highest BCUT2D eigenvalue weighted by atomic mass is 31.2. The van der Waals surface area contributed by atoms with Gasteiger partial charge in [-0.15, -0.1) is 0 Å². The standard InChI is InChI=1S/C24H39N6O7P/c1-3-5-7-11-34-20(31)10-9-19(24(32)35-12-8-6-4-2)29-38(33)17-36-18(14-37-38)13-30-16-28-21-22(25)26-15-27-23(21)30/h15-16,18-19H,3-14,17H2,1-2H3,(H,29,33)(H2,25,26,27)/t18?,19-,38?/m0/s1. The SMILES string of the molecule is CCCCCOC(=O)CC[C@H](NP1(=O)COC(Cn2cnc3c(N)ncnc32)CO1)C(=O)OCCCCC. The minimum atomic E-state index is -3.54. The van der Waals surface area contributed by atoms with E-state index >= 15 is 0 Å². The summed E-state index contributed by atoms with van der Waals surface area (Å²) in [6, 6.07) is -0.997. The third kappa shape index (κ3) is 9.00. The average Bonchev–Trinajstić information content (AvgIpc) is 3.32. The summed E-state index contributed by atoms with van der Waals surface area (Å²) in [6.45, 7) is 5.07. The van der Waals surface area contributed by atoms with Crippen LogP contribution in [0, 0.1) is 0 Å². The minimum absolute atomic E-state index is 0.0161. The molecule has 3 atom stereocenters. The number of carbonyl (C=O) groups excluding carboxylic acids is 2. The van der Waals surface area contributed by atoms with E-state index in [0.29, 0.717) is 24.3 Å². The van der Waals surface area contributed by atoms with Crippen LogP contribution in [0.25, 0.3) is 11.2 Å². The van der Waals surface area contributed by atoms with Crippen molar-refractivity contribution in [1.29, 1.82) is 0 Å². The lowest BCUT2D eigenvalue weighted by Crippen LogP contribution is -2.41. The highest BCUT2D eigenvalue weighted by Gasteiger charge is 2.37. The number of fused-ring (bicyclic) bond motifs is 1. The summed E-state index contributed by atoms with van der Waals surface area (Å²) < 4.78 is 37.3. The van der Waals surface area contributed by atoms with E-state index in [0.717, 1.165) is 38.5 Å². The molecule has 2 aromatic rings. The molecule has 14 heteroatoms. The van der Waals surface area contributed by atoms with Gasteiger partial charge >= 0.3 is 11.9 Å². The minimum Gasteiger partial charge on any atom is -0.466 e. The van der Waals surface area contributed by atoms with Crippen molar-refractivity contribution < 1.29 is 32.9 Å². The summed E-state index contributed by atoms with van der Waals surface area (Å²) in [5.74, 6) is -0.716. The van der Waals surface area contributed by atoms with Gasteiger partial charge in [-0.25, -0.2) is 20.0 Å². The van der Waals surface area contributed by atoms with Crippen molar-refractivity contribution in [2.45, 2.75) is 83.9 Å². The van der Waals surface area contributed by atoms with E-state index in [1.165, 1.54) is 6.33 Å². The number of carbonyl (C=O) groups is 2. The maximum absolute atomic E-state index is 13.4. The van der Waals surface area contributed by atoms with Crippen LogP contribution in [0.3, 0.4) is 0 Å². The molecule has 0 amide bonds. The fraction of sp³-hybridized carbons (Fsp3) is 0.708. The molecule has 2 unspecified atom stereocenters. The second-order valence-corrected chi connectivity index (χ2v) is 11.4. The Morgan fingerprint density at radius 2 is 1.89 bits per heavy atom. The van der Waals surface area contributed by atoms with Gasteiger partial charge in [-0.2, -0.15) is 0 Å². The zero-order valence-corrected chi connectivity index (χ0v) is 23.1. The molecule has 3 N–H and O–H groups in total. The van der Waals surface area contributed by atoms with Crippen molar-refractivity contribution in [2.75, 3.05) is 31.9 Å². The Labute approximate surface area is 222 Å². The van der Waals surface area contributed by atoms with Gasteiger partial charge in [-0.05, 0) is 19.3 Å². The summed E-state index contributed by atoms with van der Waals surface area (Å²) in [7, 11) is -3.54. The van der Waals surface area contributed by atoms with Gasteiger partial charge in [-0.1, -0.05) is 39.5 Å². The Balaban J connectivity index is 1.54. The molecule has 3 heterocycles. The molecule has 0 radical (unpaired) electrons. The van der Waals surface area contributed by atoms with Crippen molar-refractivity contribution in [3.63, 3.8) is 0 Å². The molecule has 0 aliphatic carbocycles. The molecule has 1 fully saturated rings. The van der Waals surface area contributed by atoms with Crippen LogP contribution in [0.15, 0.2) is 12.7 Å². The van der Waals surface area contributed by atoms with Crippen LogP contribution in [0.2, 0.25) is 0 Å². The van der Waals surface area contributed by atoms with Gasteiger partial charge in [0, 0.05) is 6.42 Å². The van der Waals surface area contributed by atoms with E-state index < -0.39 is 31.6 Å². The molecule has 0 saturated carbocycles. The summed E-state index contributed by atoms with van der Waals surface area (Å²) >= 11 is 0. The predicted molar refractivity (Wildman–Crippen MR) is 140 cm³/mol. The van der Waals surface area contributed by atoms with Gasteiger partial charge in [0.15, 0.2) is 11.5 Å². The molecule has 0 bridgehead atoms. The maximum atomic E-state index is 13.4. The molecule has 2 aromatic heterocycles. The molecule has 1 aliphatic rings. The van der Waals surface area contributed by atoms with Crippen molar-refractivity contribution in [1.82, 2.24) is 24.6 Å². The molecule has 0 spiro atoms. The first-order valence-corrected chi connectivity index (χ1v) is 15.0. The number of nitrogen functional groups attached to an aromatic ring is 1. The van der Waals surface area contributed by atoms with Gasteiger partial charge in [0.25, 0.3) is 7.52 Å². The van der Waals surface area contributed by atoms with E-state index in [1.807, 2.05) is 0 Å². The molecule has 1 aliphatic heterocycles. The van der Waals surface area contributed by atoms with E-state index in [9.17, 15) is 14.2 Å². The lowest BCUT2D eigenvalue weighted by Gasteiger charge is -2.32. The van der Waals surface area contributed by atoms with E-state index in [-0.39, 0.29) is 38.2 Å². The third-order valence-corrected chi connectivity index (χ3v) is 7.82. The molecule has 38 heavy (non-hydrogen) atoms. The molecule has 0 aromatic carbocycles. The zero-order chi connectivity index (χ0) is 27.4. The number of hydrogen-bond acceptors (Lipinski definition) is 11. The largest absolute Gasteiger partial charge is 0.466 e. The summed E-state index contributed by atoms with van der Waals surface area (Å²) in [6.07, 6.45) is 7.74. The van der Waals surface area contributed by atoms with E-state index in [1.54, 1.807) is 10.9 Å². The first-order chi connectivity index (χ1) is 18.3.